The topological polar surface area (TPSA) is 159 Å². The smallest absolute Gasteiger partial charge is 0.302 e. The van der Waals surface area contributed by atoms with E-state index in [1.807, 2.05) is 18.2 Å². The maximum absolute atomic E-state index is 12.2. The number of aliphatic hydroxyl groups is 2. The molecule has 2 aliphatic rings. The Balaban J connectivity index is 1.58. The number of aromatic hydroxyl groups is 1. The molecule has 1 saturated heterocycles. The molecule has 1 fully saturated rings. The van der Waals surface area contributed by atoms with Crippen molar-refractivity contribution in [2.75, 3.05) is 20.1 Å². The van der Waals surface area contributed by atoms with Gasteiger partial charge >= 0.3 is 5.97 Å². The summed E-state index contributed by atoms with van der Waals surface area (Å²) in [5, 5.41) is 39.1. The van der Waals surface area contributed by atoms with Gasteiger partial charge in [-0.15, -0.1) is 5.92 Å². The molecule has 1 heterocycles. The van der Waals surface area contributed by atoms with Gasteiger partial charge < -0.3 is 41.2 Å². The van der Waals surface area contributed by atoms with Crippen LogP contribution in [0.25, 0.3) is 0 Å². The van der Waals surface area contributed by atoms with Crippen LogP contribution < -0.4 is 21.1 Å². The van der Waals surface area contributed by atoms with Crippen LogP contribution in [0.2, 0.25) is 0 Å². The molecule has 2 aromatic carbocycles. The number of nitrogens with one attached hydrogen (secondary N) is 2. The number of hydrogen-bond acceptors (Lipinski definition) is 8. The molecule has 0 bridgehead atoms. The van der Waals surface area contributed by atoms with Crippen LogP contribution in [0, 0.1) is 23.2 Å². The number of ether oxygens (including phenoxy) is 2. The maximum Gasteiger partial charge on any atom is 0.302 e. The van der Waals surface area contributed by atoms with Gasteiger partial charge in [0.25, 0.3) is 0 Å². The van der Waals surface area contributed by atoms with Gasteiger partial charge in [0.1, 0.15) is 12.2 Å². The molecule has 10 heteroatoms. The highest BCUT2D eigenvalue weighted by molar-refractivity contribution is 5.77. The van der Waals surface area contributed by atoms with E-state index in [-0.39, 0.29) is 36.8 Å². The van der Waals surface area contributed by atoms with Gasteiger partial charge in [0.15, 0.2) is 17.5 Å². The lowest BCUT2D eigenvalue weighted by atomic mass is 9.77. The molecule has 0 aromatic heterocycles. The highest BCUT2D eigenvalue weighted by atomic mass is 16.5. The SMILES string of the molecule is CC[C@@]1(CNC(N)=NC)C#CC[C@H](Cc2cc(O[C@H]3CCN[C@H](Cc4ccccc4)C3)c(O)cc2CO)[C@@H](OC(C)=O)C[C@@H](O)CC1. The van der Waals surface area contributed by atoms with Crippen LogP contribution in [0.5, 0.6) is 11.5 Å². The van der Waals surface area contributed by atoms with E-state index in [0.717, 1.165) is 37.8 Å². The predicted molar refractivity (Wildman–Crippen MR) is 183 cm³/mol. The van der Waals surface area contributed by atoms with Gasteiger partial charge in [-0.3, -0.25) is 9.79 Å². The van der Waals surface area contributed by atoms with Crippen LogP contribution in [-0.4, -0.2) is 71.7 Å². The number of rotatable bonds is 11. The fraction of sp³-hybridized carbons (Fsp3) is 0.568. The maximum atomic E-state index is 12.2. The molecule has 256 valence electrons. The quantitative estimate of drug-likeness (QED) is 0.0927. The summed E-state index contributed by atoms with van der Waals surface area (Å²) in [7, 11) is 1.62. The van der Waals surface area contributed by atoms with Crippen LogP contribution in [0.15, 0.2) is 47.5 Å². The van der Waals surface area contributed by atoms with Gasteiger partial charge in [0.05, 0.1) is 12.7 Å². The number of phenolic OH excluding ortho intramolecular Hbond substituents is 1. The number of nitrogens with two attached hydrogens (primary N) is 1. The van der Waals surface area contributed by atoms with Gasteiger partial charge in [-0.2, -0.15) is 0 Å². The van der Waals surface area contributed by atoms with Crippen molar-refractivity contribution in [3.8, 4) is 23.3 Å². The lowest BCUT2D eigenvalue weighted by molar-refractivity contribution is -0.151. The molecule has 1 aliphatic heterocycles. The van der Waals surface area contributed by atoms with Crippen LogP contribution in [0.4, 0.5) is 0 Å². The summed E-state index contributed by atoms with van der Waals surface area (Å²) < 4.78 is 12.2. The Morgan fingerprint density at radius 2 is 1.96 bits per heavy atom. The van der Waals surface area contributed by atoms with Crippen molar-refractivity contribution < 1.29 is 29.6 Å². The van der Waals surface area contributed by atoms with E-state index in [0.29, 0.717) is 49.5 Å². The lowest BCUT2D eigenvalue weighted by Gasteiger charge is -2.33. The highest BCUT2D eigenvalue weighted by Gasteiger charge is 2.33. The molecule has 1 aliphatic carbocycles. The Morgan fingerprint density at radius 3 is 2.66 bits per heavy atom. The number of carbonyl (C=O) groups excluding carboxylic acids is 1. The summed E-state index contributed by atoms with van der Waals surface area (Å²) >= 11 is 0. The van der Waals surface area contributed by atoms with Gasteiger partial charge in [-0.1, -0.05) is 43.2 Å². The minimum atomic E-state index is -0.704. The van der Waals surface area contributed by atoms with Crippen LogP contribution in [0.3, 0.4) is 0 Å². The molecule has 2 aromatic rings. The Bertz CT molecular complexity index is 1410. The molecule has 0 saturated carbocycles. The average molecular weight is 649 g/mol. The van der Waals surface area contributed by atoms with E-state index < -0.39 is 23.6 Å². The Labute approximate surface area is 279 Å². The van der Waals surface area contributed by atoms with E-state index in [2.05, 4.69) is 46.5 Å². The van der Waals surface area contributed by atoms with Gasteiger partial charge in [-0.25, -0.2) is 0 Å². The van der Waals surface area contributed by atoms with E-state index in [9.17, 15) is 20.1 Å². The zero-order chi connectivity index (χ0) is 33.8. The lowest BCUT2D eigenvalue weighted by Crippen LogP contribution is -2.43. The summed E-state index contributed by atoms with van der Waals surface area (Å²) in [5.41, 5.74) is 8.10. The summed E-state index contributed by atoms with van der Waals surface area (Å²) in [6, 6.07) is 14.0. The first-order chi connectivity index (χ1) is 22.6. The second kappa shape index (κ2) is 17.4. The molecule has 10 nitrogen and oxygen atoms in total. The second-order valence-corrected chi connectivity index (χ2v) is 13.0. The van der Waals surface area contributed by atoms with E-state index in [1.54, 1.807) is 19.2 Å². The number of nitrogens with zero attached hydrogens (tertiary/aromatic N) is 1. The minimum Gasteiger partial charge on any atom is -0.504 e. The Kier molecular flexibility index (Phi) is 13.3. The largest absolute Gasteiger partial charge is 0.504 e. The number of aliphatic hydroxyl groups excluding tert-OH is 2. The highest BCUT2D eigenvalue weighted by Crippen LogP contribution is 2.36. The van der Waals surface area contributed by atoms with Crippen LogP contribution in [0.1, 0.15) is 75.5 Å². The van der Waals surface area contributed by atoms with Crippen molar-refractivity contribution >= 4 is 11.9 Å². The molecule has 7 N–H and O–H groups in total. The second-order valence-electron chi connectivity index (χ2n) is 13.0. The summed E-state index contributed by atoms with van der Waals surface area (Å²) in [5.74, 6) is 6.83. The number of esters is 1. The number of phenols is 1. The number of benzene rings is 2. The standard InChI is InChI=1S/C37H52N4O6/c1-4-37(24-41-36(38)39-3)14-8-11-27(34(46-25(2)43)22-31(44)12-15-37)18-28-20-35(33(45)19-29(28)23-42)47-32-13-16-40-30(21-32)17-26-9-6-5-7-10-26/h5-7,9-10,19-20,27,30-32,34,40,42,44-45H,4,11-13,15-18,21-24H2,1-3H3,(H3,38,39,41)/t27-,30-,31+,32+,34+,37-/m1/s1. The number of piperidine rings is 1. The Hall–Kier alpha value is -3.78. The molecule has 4 rings (SSSR count). The van der Waals surface area contributed by atoms with Crippen LogP contribution in [-0.2, 0) is 29.0 Å². The van der Waals surface area contributed by atoms with Gasteiger partial charge in [0.2, 0.25) is 0 Å². The van der Waals surface area contributed by atoms with Gasteiger partial charge in [0, 0.05) is 50.7 Å². The first-order valence-electron chi connectivity index (χ1n) is 16.8. The van der Waals surface area contributed by atoms with E-state index in [1.165, 1.54) is 12.5 Å². The molecule has 0 radical (unpaired) electrons. The fourth-order valence-corrected chi connectivity index (χ4v) is 6.68. The fourth-order valence-electron chi connectivity index (χ4n) is 6.68. The molecule has 0 unspecified atom stereocenters. The molecule has 47 heavy (non-hydrogen) atoms. The van der Waals surface area contributed by atoms with Crippen molar-refractivity contribution in [2.45, 2.75) is 103 Å². The average Bonchev–Trinajstić information content (AvgIpc) is 3.06. The van der Waals surface area contributed by atoms with E-state index in [4.69, 9.17) is 15.2 Å². The number of aliphatic imine (C=N–C) groups is 1. The molecular weight excluding hydrogens is 596 g/mol. The molecular formula is C37H52N4O6. The van der Waals surface area contributed by atoms with E-state index >= 15 is 0 Å². The number of carbonyl (C=O) groups is 1. The third kappa shape index (κ3) is 10.6. The Morgan fingerprint density at radius 1 is 1.17 bits per heavy atom. The van der Waals surface area contributed by atoms with Crippen molar-refractivity contribution in [1.29, 1.82) is 0 Å². The van der Waals surface area contributed by atoms with Crippen molar-refractivity contribution in [2.24, 2.45) is 22.1 Å². The predicted octanol–water partition coefficient (Wildman–Crippen LogP) is 3.59. The van der Waals surface area contributed by atoms with Gasteiger partial charge in [-0.05, 0) is 80.3 Å². The minimum absolute atomic E-state index is 0.0243. The normalized spacial score (nSPS) is 26.8. The molecule has 6 atom stereocenters. The monoisotopic (exact) mass is 648 g/mol. The third-order valence-corrected chi connectivity index (χ3v) is 9.55. The molecule has 0 spiro atoms. The first-order valence-corrected chi connectivity index (χ1v) is 16.8. The summed E-state index contributed by atoms with van der Waals surface area (Å²) in [6.45, 7) is 4.48. The first kappa shape index (κ1) is 36.1. The van der Waals surface area contributed by atoms with Crippen molar-refractivity contribution in [3.05, 3.63) is 59.2 Å². The zero-order valence-electron chi connectivity index (χ0n) is 28.0. The van der Waals surface area contributed by atoms with Crippen LogP contribution >= 0.6 is 0 Å². The zero-order valence-corrected chi connectivity index (χ0v) is 28.0. The van der Waals surface area contributed by atoms with Crippen molar-refractivity contribution in [1.82, 2.24) is 10.6 Å². The summed E-state index contributed by atoms with van der Waals surface area (Å²) in [4.78, 5) is 16.2. The number of hydrogen-bond donors (Lipinski definition) is 6. The third-order valence-electron chi connectivity index (χ3n) is 9.55. The number of guanidine groups is 1. The molecule has 0 amide bonds. The summed E-state index contributed by atoms with van der Waals surface area (Å²) in [6.07, 6.45) is 4.07. The van der Waals surface area contributed by atoms with Crippen molar-refractivity contribution in [3.63, 3.8) is 0 Å².